The summed E-state index contributed by atoms with van der Waals surface area (Å²) < 4.78 is 5.90. The quantitative estimate of drug-likeness (QED) is 0.802. The van der Waals surface area contributed by atoms with Gasteiger partial charge in [0.15, 0.2) is 0 Å². The molecule has 2 aliphatic heterocycles. The highest BCUT2D eigenvalue weighted by Gasteiger charge is 2.46. The van der Waals surface area contributed by atoms with E-state index in [1.54, 1.807) is 0 Å². The van der Waals surface area contributed by atoms with Crippen molar-refractivity contribution in [3.8, 4) is 0 Å². The van der Waals surface area contributed by atoms with Crippen LogP contribution in [0.5, 0.6) is 0 Å². The van der Waals surface area contributed by atoms with E-state index in [4.69, 9.17) is 4.74 Å². The van der Waals surface area contributed by atoms with Gasteiger partial charge in [-0.3, -0.25) is 4.79 Å². The molecule has 0 aliphatic carbocycles. The lowest BCUT2D eigenvalue weighted by Gasteiger charge is -2.49. The lowest BCUT2D eigenvalue weighted by molar-refractivity contribution is 0.0169. The Morgan fingerprint density at radius 3 is 2.67 bits per heavy atom. The molecule has 0 saturated carbocycles. The Morgan fingerprint density at radius 1 is 1.15 bits per heavy atom. The minimum absolute atomic E-state index is 0.0970. The minimum atomic E-state index is -0.533. The van der Waals surface area contributed by atoms with Gasteiger partial charge in [0.1, 0.15) is 5.66 Å². The summed E-state index contributed by atoms with van der Waals surface area (Å²) in [5.74, 6) is 0.0970. The van der Waals surface area contributed by atoms with Crippen molar-refractivity contribution in [2.45, 2.75) is 50.8 Å². The molecule has 0 spiro atoms. The molecule has 1 amide bonds. The molecule has 0 bridgehead atoms. The van der Waals surface area contributed by atoms with E-state index >= 15 is 0 Å². The molecular formula is C23H28N2O2. The van der Waals surface area contributed by atoms with Crippen LogP contribution in [-0.4, -0.2) is 30.1 Å². The lowest BCUT2D eigenvalue weighted by Crippen LogP contribution is -2.59. The zero-order chi connectivity index (χ0) is 18.7. The summed E-state index contributed by atoms with van der Waals surface area (Å²) in [7, 11) is 0. The SMILES string of the molecule is CCCCC1(c2ccccc2)Nc2ccccc2C(=O)N1CC1CCCO1. The Bertz CT molecular complexity index is 786. The third kappa shape index (κ3) is 3.34. The molecular weight excluding hydrogens is 336 g/mol. The third-order valence-electron chi connectivity index (χ3n) is 5.76. The second kappa shape index (κ2) is 7.73. The summed E-state index contributed by atoms with van der Waals surface area (Å²) in [4.78, 5) is 15.6. The first-order valence-electron chi connectivity index (χ1n) is 10.1. The number of hydrogen-bond acceptors (Lipinski definition) is 3. The Balaban J connectivity index is 1.82. The van der Waals surface area contributed by atoms with Gasteiger partial charge in [-0.15, -0.1) is 0 Å². The second-order valence-electron chi connectivity index (χ2n) is 7.55. The van der Waals surface area contributed by atoms with Crippen LogP contribution in [0.15, 0.2) is 54.6 Å². The summed E-state index contributed by atoms with van der Waals surface area (Å²) >= 11 is 0. The van der Waals surface area contributed by atoms with E-state index in [0.29, 0.717) is 6.54 Å². The fraction of sp³-hybridized carbons (Fsp3) is 0.435. The molecule has 0 radical (unpaired) electrons. The molecule has 1 fully saturated rings. The van der Waals surface area contributed by atoms with Crippen molar-refractivity contribution in [2.24, 2.45) is 0 Å². The van der Waals surface area contributed by atoms with E-state index in [0.717, 1.165) is 55.5 Å². The average molecular weight is 364 g/mol. The number of unbranched alkanes of at least 4 members (excludes halogenated alkanes) is 1. The molecule has 1 N–H and O–H groups in total. The van der Waals surface area contributed by atoms with Gasteiger partial charge in [0.2, 0.25) is 0 Å². The number of ether oxygens (including phenoxy) is 1. The zero-order valence-electron chi connectivity index (χ0n) is 16.0. The van der Waals surface area contributed by atoms with E-state index in [2.05, 4.69) is 36.5 Å². The highest BCUT2D eigenvalue weighted by molar-refractivity contribution is 6.02. The van der Waals surface area contributed by atoms with Crippen LogP contribution in [0.25, 0.3) is 0 Å². The van der Waals surface area contributed by atoms with Crippen molar-refractivity contribution in [3.63, 3.8) is 0 Å². The van der Waals surface area contributed by atoms with Crippen LogP contribution in [0.3, 0.4) is 0 Å². The van der Waals surface area contributed by atoms with Crippen LogP contribution in [0.4, 0.5) is 5.69 Å². The Labute approximate surface area is 161 Å². The maximum Gasteiger partial charge on any atom is 0.258 e. The number of carbonyl (C=O) groups is 1. The Hall–Kier alpha value is -2.33. The molecule has 4 heteroatoms. The molecule has 27 heavy (non-hydrogen) atoms. The molecule has 1 saturated heterocycles. The summed E-state index contributed by atoms with van der Waals surface area (Å²) in [6, 6.07) is 18.3. The normalized spacial score (nSPS) is 24.6. The van der Waals surface area contributed by atoms with E-state index < -0.39 is 5.66 Å². The van der Waals surface area contributed by atoms with E-state index in [1.807, 2.05) is 35.2 Å². The van der Waals surface area contributed by atoms with Crippen molar-refractivity contribution in [3.05, 3.63) is 65.7 Å². The summed E-state index contributed by atoms with van der Waals surface area (Å²) in [6.07, 6.45) is 5.21. The van der Waals surface area contributed by atoms with Crippen LogP contribution in [0, 0.1) is 0 Å². The summed E-state index contributed by atoms with van der Waals surface area (Å²) in [6.45, 7) is 3.62. The van der Waals surface area contributed by atoms with Crippen LogP contribution < -0.4 is 5.32 Å². The molecule has 142 valence electrons. The molecule has 2 atom stereocenters. The topological polar surface area (TPSA) is 41.6 Å². The van der Waals surface area contributed by atoms with Crippen LogP contribution in [0.2, 0.25) is 0 Å². The van der Waals surface area contributed by atoms with Crippen molar-refractivity contribution >= 4 is 11.6 Å². The van der Waals surface area contributed by atoms with Gasteiger partial charge in [-0.05, 0) is 43.4 Å². The first-order chi connectivity index (χ1) is 13.2. The highest BCUT2D eigenvalue weighted by Crippen LogP contribution is 2.42. The fourth-order valence-corrected chi connectivity index (χ4v) is 4.33. The minimum Gasteiger partial charge on any atom is -0.376 e. The maximum atomic E-state index is 13.6. The molecule has 2 aliphatic rings. The second-order valence-corrected chi connectivity index (χ2v) is 7.55. The van der Waals surface area contributed by atoms with Crippen molar-refractivity contribution in [1.82, 2.24) is 4.90 Å². The predicted octanol–water partition coefficient (Wildman–Crippen LogP) is 4.78. The molecule has 0 aromatic heterocycles. The van der Waals surface area contributed by atoms with Gasteiger partial charge in [0, 0.05) is 18.8 Å². The van der Waals surface area contributed by atoms with Crippen LogP contribution in [0.1, 0.15) is 54.9 Å². The van der Waals surface area contributed by atoms with Gasteiger partial charge in [-0.25, -0.2) is 0 Å². The standard InChI is InChI=1S/C23H28N2O2/c1-2-3-15-23(18-10-5-4-6-11-18)24-21-14-8-7-13-20(21)22(26)25(23)17-19-12-9-16-27-19/h4-8,10-11,13-14,19,24H,2-3,9,12,15-17H2,1H3. The van der Waals surface area contributed by atoms with Gasteiger partial charge < -0.3 is 15.0 Å². The number of rotatable bonds is 6. The smallest absolute Gasteiger partial charge is 0.258 e. The van der Waals surface area contributed by atoms with Gasteiger partial charge in [0.25, 0.3) is 5.91 Å². The largest absolute Gasteiger partial charge is 0.376 e. The monoisotopic (exact) mass is 364 g/mol. The predicted molar refractivity (Wildman–Crippen MR) is 108 cm³/mol. The van der Waals surface area contributed by atoms with E-state index in [-0.39, 0.29) is 12.0 Å². The zero-order valence-corrected chi connectivity index (χ0v) is 16.0. The van der Waals surface area contributed by atoms with Crippen molar-refractivity contribution < 1.29 is 9.53 Å². The number of fused-ring (bicyclic) bond motifs is 1. The number of benzene rings is 2. The van der Waals surface area contributed by atoms with Gasteiger partial charge in [0.05, 0.1) is 11.7 Å². The molecule has 4 nitrogen and oxygen atoms in total. The Kier molecular flexibility index (Phi) is 5.17. The summed E-state index contributed by atoms with van der Waals surface area (Å²) in [5, 5.41) is 3.77. The third-order valence-corrected chi connectivity index (χ3v) is 5.76. The molecule has 4 rings (SSSR count). The lowest BCUT2D eigenvalue weighted by atomic mass is 9.87. The van der Waals surface area contributed by atoms with Gasteiger partial charge in [-0.2, -0.15) is 0 Å². The van der Waals surface area contributed by atoms with Crippen LogP contribution in [-0.2, 0) is 10.4 Å². The average Bonchev–Trinajstić information content (AvgIpc) is 3.23. The van der Waals surface area contributed by atoms with Gasteiger partial charge in [-0.1, -0.05) is 55.8 Å². The molecule has 2 unspecified atom stereocenters. The fourth-order valence-electron chi connectivity index (χ4n) is 4.33. The number of hydrogen-bond donors (Lipinski definition) is 1. The molecule has 2 aromatic carbocycles. The van der Waals surface area contributed by atoms with Gasteiger partial charge >= 0.3 is 0 Å². The van der Waals surface area contributed by atoms with Crippen LogP contribution >= 0.6 is 0 Å². The molecule has 2 heterocycles. The van der Waals surface area contributed by atoms with E-state index in [9.17, 15) is 4.79 Å². The van der Waals surface area contributed by atoms with Crippen molar-refractivity contribution in [2.75, 3.05) is 18.5 Å². The number of anilines is 1. The van der Waals surface area contributed by atoms with E-state index in [1.165, 1.54) is 0 Å². The Morgan fingerprint density at radius 2 is 1.93 bits per heavy atom. The number of nitrogens with one attached hydrogen (secondary N) is 1. The number of amides is 1. The molecule has 2 aromatic rings. The number of para-hydroxylation sites is 1. The first kappa shape index (κ1) is 18.1. The summed E-state index contributed by atoms with van der Waals surface area (Å²) in [5.41, 5.74) is 2.28. The maximum absolute atomic E-state index is 13.6. The number of nitrogens with zero attached hydrogens (tertiary/aromatic N) is 1. The number of carbonyl (C=O) groups excluding carboxylic acids is 1. The van der Waals surface area contributed by atoms with Crippen molar-refractivity contribution in [1.29, 1.82) is 0 Å². The first-order valence-corrected chi connectivity index (χ1v) is 10.1. The highest BCUT2D eigenvalue weighted by atomic mass is 16.5.